The van der Waals surface area contributed by atoms with Crippen molar-refractivity contribution in [3.05, 3.63) is 58.5 Å². The summed E-state index contributed by atoms with van der Waals surface area (Å²) in [5, 5.41) is 12.1. The summed E-state index contributed by atoms with van der Waals surface area (Å²) < 4.78 is 3.32. The quantitative estimate of drug-likeness (QED) is 0.150. The first-order valence-corrected chi connectivity index (χ1v) is 14.4. The molecule has 2 aromatic rings. The van der Waals surface area contributed by atoms with Crippen LogP contribution in [0.3, 0.4) is 0 Å². The third-order valence-electron chi connectivity index (χ3n) is 7.08. The van der Waals surface area contributed by atoms with Crippen molar-refractivity contribution in [3.8, 4) is 5.69 Å². The molecule has 0 saturated carbocycles. The molecule has 0 saturated heterocycles. The van der Waals surface area contributed by atoms with Crippen LogP contribution in [0.1, 0.15) is 103 Å². The van der Waals surface area contributed by atoms with Crippen LogP contribution in [-0.2, 0) is 16.6 Å². The zero-order valence-corrected chi connectivity index (χ0v) is 23.6. The highest BCUT2D eigenvalue weighted by molar-refractivity contribution is 5.94. The van der Waals surface area contributed by atoms with Crippen molar-refractivity contribution >= 4 is 17.6 Å². The number of hydrogen-bond donors (Lipinski definition) is 2. The van der Waals surface area contributed by atoms with Gasteiger partial charge in [0.2, 0.25) is 5.91 Å². The Labute approximate surface area is 227 Å². The Morgan fingerprint density at radius 1 is 0.921 bits per heavy atom. The van der Waals surface area contributed by atoms with E-state index < -0.39 is 11.9 Å². The first kappa shape index (κ1) is 31.1. The minimum absolute atomic E-state index is 0.122. The Morgan fingerprint density at radius 3 is 2.03 bits per heavy atom. The van der Waals surface area contributed by atoms with Gasteiger partial charge in [-0.3, -0.25) is 19.1 Å². The lowest BCUT2D eigenvalue weighted by Crippen LogP contribution is -2.25. The molecule has 0 fully saturated rings. The lowest BCUT2D eigenvalue weighted by atomic mass is 9.99. The van der Waals surface area contributed by atoms with Gasteiger partial charge in [0, 0.05) is 24.5 Å². The Morgan fingerprint density at radius 2 is 1.50 bits per heavy atom. The zero-order chi connectivity index (χ0) is 27.8. The van der Waals surface area contributed by atoms with Crippen molar-refractivity contribution in [2.24, 2.45) is 13.0 Å². The number of aliphatic carboxylic acids is 1. The molecule has 210 valence electrons. The number of unbranched alkanes of at least 4 members (excludes halogenated alkanes) is 11. The average Bonchev–Trinajstić information content (AvgIpc) is 3.14. The largest absolute Gasteiger partial charge is 0.481 e. The Hall–Kier alpha value is -3.09. The van der Waals surface area contributed by atoms with Crippen LogP contribution < -0.4 is 10.9 Å². The summed E-state index contributed by atoms with van der Waals surface area (Å²) in [4.78, 5) is 36.4. The number of carbonyl (C=O) groups is 2. The number of rotatable bonds is 19. The van der Waals surface area contributed by atoms with Gasteiger partial charge < -0.3 is 10.4 Å². The van der Waals surface area contributed by atoms with E-state index in [1.807, 2.05) is 20.0 Å². The molecular formula is C31H47N3O4. The molecule has 0 radical (unpaired) electrons. The Kier molecular flexibility index (Phi) is 14.3. The van der Waals surface area contributed by atoms with E-state index in [1.54, 1.807) is 39.7 Å². The van der Waals surface area contributed by atoms with Crippen LogP contribution in [0.15, 0.2) is 47.3 Å². The van der Waals surface area contributed by atoms with Crippen LogP contribution in [0.25, 0.3) is 5.69 Å². The molecule has 2 N–H and O–H groups in total. The van der Waals surface area contributed by atoms with Crippen LogP contribution in [0, 0.1) is 12.8 Å². The maximum Gasteiger partial charge on any atom is 0.304 e. The number of carbonyl (C=O) groups excluding carboxylic acids is 1. The fraction of sp³-hybridized carbons (Fsp3) is 0.581. The molecule has 0 aliphatic heterocycles. The number of nitrogens with zero attached hydrogens (tertiary/aromatic N) is 2. The van der Waals surface area contributed by atoms with Gasteiger partial charge in [-0.25, -0.2) is 4.68 Å². The van der Waals surface area contributed by atoms with Crippen molar-refractivity contribution in [1.29, 1.82) is 0 Å². The van der Waals surface area contributed by atoms with E-state index in [2.05, 4.69) is 18.3 Å². The minimum Gasteiger partial charge on any atom is -0.481 e. The normalized spacial score (nSPS) is 12.2. The van der Waals surface area contributed by atoms with Crippen LogP contribution >= 0.6 is 0 Å². The zero-order valence-electron chi connectivity index (χ0n) is 23.6. The summed E-state index contributed by atoms with van der Waals surface area (Å²) in [6.07, 6.45) is 19.5. The first-order valence-electron chi connectivity index (χ1n) is 14.4. The van der Waals surface area contributed by atoms with Gasteiger partial charge in [0.1, 0.15) is 0 Å². The topological polar surface area (TPSA) is 93.3 Å². The molecule has 1 aromatic heterocycles. The fourth-order valence-electron chi connectivity index (χ4n) is 4.67. The van der Waals surface area contributed by atoms with Gasteiger partial charge in [0.15, 0.2) is 0 Å². The van der Waals surface area contributed by atoms with Gasteiger partial charge in [-0.15, -0.1) is 0 Å². The standard InChI is InChI=1S/C31H47N3O4/c1-4-5-6-7-8-9-10-11-12-13-14-15-16-17-18-26(24-30(36)37)31(38)32-27-19-21-28(22-20-27)34-29(35)23-25(2)33(34)3/h16-17,19-23,26H,4-15,18,24H2,1-3H3,(H,32,38)(H,36,37)/b17-16-/t26-/m1/s1. The Bertz CT molecular complexity index is 1070. The van der Waals surface area contributed by atoms with Gasteiger partial charge in [-0.05, 0) is 50.5 Å². The molecule has 1 amide bonds. The fourth-order valence-corrected chi connectivity index (χ4v) is 4.67. The van der Waals surface area contributed by atoms with Gasteiger partial charge in [0.25, 0.3) is 5.56 Å². The summed E-state index contributed by atoms with van der Waals surface area (Å²) in [6, 6.07) is 8.54. The predicted octanol–water partition coefficient (Wildman–Crippen LogP) is 7.16. The number of nitrogens with one attached hydrogen (secondary N) is 1. The van der Waals surface area contributed by atoms with E-state index >= 15 is 0 Å². The molecule has 0 aliphatic carbocycles. The number of carboxylic acids is 1. The van der Waals surface area contributed by atoms with Gasteiger partial charge in [-0.2, -0.15) is 0 Å². The third kappa shape index (κ3) is 11.1. The third-order valence-corrected chi connectivity index (χ3v) is 7.08. The molecule has 2 rings (SSSR count). The first-order chi connectivity index (χ1) is 18.3. The summed E-state index contributed by atoms with van der Waals surface area (Å²) in [5.74, 6) is -1.94. The average molecular weight is 526 g/mol. The van der Waals surface area contributed by atoms with E-state index in [4.69, 9.17) is 0 Å². The predicted molar refractivity (Wildman–Crippen MR) is 155 cm³/mol. The van der Waals surface area contributed by atoms with Crippen molar-refractivity contribution < 1.29 is 14.7 Å². The van der Waals surface area contributed by atoms with Crippen molar-refractivity contribution in [3.63, 3.8) is 0 Å². The molecule has 38 heavy (non-hydrogen) atoms. The van der Waals surface area contributed by atoms with Gasteiger partial charge >= 0.3 is 5.97 Å². The summed E-state index contributed by atoms with van der Waals surface area (Å²) in [5.41, 5.74) is 1.98. The monoisotopic (exact) mass is 525 g/mol. The van der Waals surface area contributed by atoms with E-state index in [0.29, 0.717) is 17.8 Å². The molecule has 1 atom stereocenters. The number of amides is 1. The second-order valence-electron chi connectivity index (χ2n) is 10.3. The lowest BCUT2D eigenvalue weighted by Gasteiger charge is -2.14. The number of hydrogen-bond acceptors (Lipinski definition) is 3. The van der Waals surface area contributed by atoms with Crippen LogP contribution in [0.4, 0.5) is 5.69 Å². The molecule has 7 nitrogen and oxygen atoms in total. The highest BCUT2D eigenvalue weighted by atomic mass is 16.4. The molecule has 1 heterocycles. The molecule has 0 spiro atoms. The van der Waals surface area contributed by atoms with E-state index in [9.17, 15) is 19.5 Å². The van der Waals surface area contributed by atoms with Crippen molar-refractivity contribution in [1.82, 2.24) is 9.36 Å². The number of aromatic nitrogens is 2. The second kappa shape index (κ2) is 17.4. The lowest BCUT2D eigenvalue weighted by molar-refractivity contribution is -0.140. The molecule has 7 heteroatoms. The summed E-state index contributed by atoms with van der Waals surface area (Å²) in [6.45, 7) is 4.11. The number of carboxylic acid groups (broad SMARTS) is 1. The van der Waals surface area contributed by atoms with Crippen LogP contribution in [0.5, 0.6) is 0 Å². The van der Waals surface area contributed by atoms with Crippen molar-refractivity contribution in [2.75, 3.05) is 5.32 Å². The van der Waals surface area contributed by atoms with E-state index in [0.717, 1.165) is 18.5 Å². The highest BCUT2D eigenvalue weighted by Gasteiger charge is 2.20. The van der Waals surface area contributed by atoms with Gasteiger partial charge in [0.05, 0.1) is 18.0 Å². The highest BCUT2D eigenvalue weighted by Crippen LogP contribution is 2.18. The van der Waals surface area contributed by atoms with E-state index in [-0.39, 0.29) is 17.9 Å². The number of anilines is 1. The SMILES string of the molecule is CCCCCCCCCCCCC/C=C\C[C@H](CC(=O)O)C(=O)Nc1ccc(-n2c(=O)cc(C)n2C)cc1. The molecule has 0 aliphatic rings. The molecular weight excluding hydrogens is 478 g/mol. The molecule has 0 unspecified atom stereocenters. The maximum atomic E-state index is 12.8. The van der Waals surface area contributed by atoms with Crippen LogP contribution in [0.2, 0.25) is 0 Å². The number of allylic oxidation sites excluding steroid dienone is 2. The van der Waals surface area contributed by atoms with Crippen molar-refractivity contribution in [2.45, 2.75) is 104 Å². The summed E-state index contributed by atoms with van der Waals surface area (Å²) >= 11 is 0. The molecule has 0 bridgehead atoms. The molecule has 1 aromatic carbocycles. The number of aryl methyl sites for hydroxylation is 1. The van der Waals surface area contributed by atoms with Gasteiger partial charge in [-0.1, -0.05) is 83.3 Å². The Balaban J connectivity index is 1.73. The number of benzene rings is 1. The maximum absolute atomic E-state index is 12.8. The van der Waals surface area contributed by atoms with E-state index in [1.165, 1.54) is 64.2 Å². The smallest absolute Gasteiger partial charge is 0.304 e. The summed E-state index contributed by atoms with van der Waals surface area (Å²) in [7, 11) is 1.81. The minimum atomic E-state index is -0.988. The van der Waals surface area contributed by atoms with Crippen LogP contribution in [-0.4, -0.2) is 26.3 Å². The second-order valence-corrected chi connectivity index (χ2v) is 10.3.